The molecule has 0 unspecified atom stereocenters. The van der Waals surface area contributed by atoms with Crippen molar-refractivity contribution in [1.29, 1.82) is 0 Å². The summed E-state index contributed by atoms with van der Waals surface area (Å²) < 4.78 is 1.75. The van der Waals surface area contributed by atoms with Crippen LogP contribution in [0.1, 0.15) is 10.4 Å². The van der Waals surface area contributed by atoms with Crippen molar-refractivity contribution in [2.45, 2.75) is 0 Å². The molecule has 112 valence electrons. The number of benzene rings is 1. The minimum absolute atomic E-state index is 0.159. The summed E-state index contributed by atoms with van der Waals surface area (Å²) in [6.45, 7) is 0. The second kappa shape index (κ2) is 5.06. The first-order valence-electron chi connectivity index (χ1n) is 6.90. The van der Waals surface area contributed by atoms with Crippen molar-refractivity contribution in [3.8, 4) is 16.9 Å². The maximum atomic E-state index is 11.4. The van der Waals surface area contributed by atoms with Gasteiger partial charge in [0.25, 0.3) is 0 Å². The topological polar surface area (TPSA) is 96.7 Å². The van der Waals surface area contributed by atoms with E-state index in [1.165, 1.54) is 12.5 Å². The zero-order chi connectivity index (χ0) is 15.8. The number of aromatic carboxylic acids is 1. The molecule has 0 saturated heterocycles. The number of aromatic nitrogens is 5. The van der Waals surface area contributed by atoms with Gasteiger partial charge in [-0.1, -0.05) is 12.1 Å². The number of fused-ring (bicyclic) bond motifs is 1. The quantitative estimate of drug-likeness (QED) is 0.606. The Balaban J connectivity index is 1.86. The molecular formula is C16H11N5O2. The fourth-order valence-corrected chi connectivity index (χ4v) is 2.54. The van der Waals surface area contributed by atoms with E-state index in [9.17, 15) is 9.90 Å². The summed E-state index contributed by atoms with van der Waals surface area (Å²) in [6.07, 6.45) is 6.41. The summed E-state index contributed by atoms with van der Waals surface area (Å²) in [5, 5.41) is 14.0. The summed E-state index contributed by atoms with van der Waals surface area (Å²) in [5.41, 5.74) is 2.97. The Morgan fingerprint density at radius 2 is 2.00 bits per heavy atom. The average molecular weight is 305 g/mol. The lowest BCUT2D eigenvalue weighted by atomic mass is 10.1. The molecule has 3 heterocycles. The van der Waals surface area contributed by atoms with Crippen molar-refractivity contribution in [3.63, 3.8) is 0 Å². The molecule has 7 nitrogen and oxygen atoms in total. The highest BCUT2D eigenvalue weighted by Crippen LogP contribution is 2.28. The van der Waals surface area contributed by atoms with E-state index in [-0.39, 0.29) is 5.56 Å². The molecule has 23 heavy (non-hydrogen) atoms. The Morgan fingerprint density at radius 3 is 2.70 bits per heavy atom. The van der Waals surface area contributed by atoms with Crippen molar-refractivity contribution < 1.29 is 9.90 Å². The fourth-order valence-electron chi connectivity index (χ4n) is 2.54. The zero-order valence-electron chi connectivity index (χ0n) is 11.8. The van der Waals surface area contributed by atoms with Crippen LogP contribution in [-0.2, 0) is 0 Å². The predicted molar refractivity (Wildman–Crippen MR) is 83.4 cm³/mol. The Labute approximate surface area is 130 Å². The van der Waals surface area contributed by atoms with Gasteiger partial charge in [-0.15, -0.1) is 0 Å². The lowest BCUT2D eigenvalue weighted by Crippen LogP contribution is -1.97. The summed E-state index contributed by atoms with van der Waals surface area (Å²) in [7, 11) is 0. The maximum absolute atomic E-state index is 11.4. The Morgan fingerprint density at radius 1 is 1.17 bits per heavy atom. The molecule has 0 atom stereocenters. The summed E-state index contributed by atoms with van der Waals surface area (Å²) in [4.78, 5) is 22.6. The van der Waals surface area contributed by atoms with E-state index in [1.54, 1.807) is 10.9 Å². The highest BCUT2D eigenvalue weighted by molar-refractivity contribution is 6.07. The molecule has 0 fully saturated rings. The number of carboxylic acids is 1. The number of nitrogens with zero attached hydrogens (tertiary/aromatic N) is 4. The van der Waals surface area contributed by atoms with Crippen LogP contribution in [0.15, 0.2) is 55.2 Å². The van der Waals surface area contributed by atoms with Crippen molar-refractivity contribution in [2.75, 3.05) is 0 Å². The van der Waals surface area contributed by atoms with Gasteiger partial charge < -0.3 is 10.1 Å². The molecule has 0 aliphatic carbocycles. The first-order valence-corrected chi connectivity index (χ1v) is 6.90. The molecule has 0 amide bonds. The van der Waals surface area contributed by atoms with Crippen LogP contribution in [0.2, 0.25) is 0 Å². The highest BCUT2D eigenvalue weighted by atomic mass is 16.4. The second-order valence-corrected chi connectivity index (χ2v) is 4.95. The molecule has 4 rings (SSSR count). The molecule has 0 saturated carbocycles. The summed E-state index contributed by atoms with van der Waals surface area (Å²) in [6, 6.07) is 9.43. The molecule has 0 radical (unpaired) electrons. The standard InChI is InChI=1S/C16H11N5O2/c22-16(23)12-8-17-15-13(12)14(18-9-19-15)10-2-4-11(5-3-10)21-7-1-6-20-21/h1-9H,(H,22,23)(H,17,18,19). The van der Waals surface area contributed by atoms with E-state index in [2.05, 4.69) is 20.1 Å². The number of carboxylic acid groups (broad SMARTS) is 1. The van der Waals surface area contributed by atoms with Gasteiger partial charge in [0.2, 0.25) is 0 Å². The third-order valence-electron chi connectivity index (χ3n) is 3.61. The molecule has 0 spiro atoms. The number of H-pyrrole nitrogens is 1. The normalized spacial score (nSPS) is 11.0. The second-order valence-electron chi connectivity index (χ2n) is 4.95. The number of hydrogen-bond donors (Lipinski definition) is 2. The molecule has 3 aromatic heterocycles. The first kappa shape index (κ1) is 13.2. The van der Waals surface area contributed by atoms with Gasteiger partial charge in [-0.2, -0.15) is 5.10 Å². The van der Waals surface area contributed by atoms with Gasteiger partial charge in [0, 0.05) is 24.2 Å². The lowest BCUT2D eigenvalue weighted by molar-refractivity contribution is 0.0699. The SMILES string of the molecule is O=C(O)c1c[nH]c2ncnc(-c3ccc(-n4cccn4)cc3)c12. The van der Waals surface area contributed by atoms with Crippen LogP contribution in [0.25, 0.3) is 28.0 Å². The largest absolute Gasteiger partial charge is 0.478 e. The predicted octanol–water partition coefficient (Wildman–Crippen LogP) is 2.51. The van der Waals surface area contributed by atoms with Gasteiger partial charge in [-0.05, 0) is 18.2 Å². The van der Waals surface area contributed by atoms with Gasteiger partial charge in [-0.25, -0.2) is 19.4 Å². The summed E-state index contributed by atoms with van der Waals surface area (Å²) in [5.74, 6) is -1.01. The van der Waals surface area contributed by atoms with Crippen molar-refractivity contribution >= 4 is 17.0 Å². The first-order chi connectivity index (χ1) is 11.2. The van der Waals surface area contributed by atoms with Crippen LogP contribution in [0.5, 0.6) is 0 Å². The monoisotopic (exact) mass is 305 g/mol. The van der Waals surface area contributed by atoms with Gasteiger partial charge in [-0.3, -0.25) is 0 Å². The number of rotatable bonds is 3. The molecular weight excluding hydrogens is 294 g/mol. The van der Waals surface area contributed by atoms with Gasteiger partial charge in [0.15, 0.2) is 0 Å². The average Bonchev–Trinajstić information content (AvgIpc) is 3.24. The van der Waals surface area contributed by atoms with E-state index >= 15 is 0 Å². The van der Waals surface area contributed by atoms with E-state index in [0.717, 1.165) is 11.3 Å². The van der Waals surface area contributed by atoms with Crippen LogP contribution in [-0.4, -0.2) is 35.8 Å². The lowest BCUT2D eigenvalue weighted by Gasteiger charge is -2.06. The molecule has 4 aromatic rings. The van der Waals surface area contributed by atoms with Crippen LogP contribution in [0.4, 0.5) is 0 Å². The van der Waals surface area contributed by atoms with Crippen molar-refractivity contribution in [1.82, 2.24) is 24.7 Å². The number of hydrogen-bond acceptors (Lipinski definition) is 4. The van der Waals surface area contributed by atoms with Crippen LogP contribution in [0.3, 0.4) is 0 Å². The minimum atomic E-state index is -1.01. The van der Waals surface area contributed by atoms with Crippen LogP contribution >= 0.6 is 0 Å². The third-order valence-corrected chi connectivity index (χ3v) is 3.61. The van der Waals surface area contributed by atoms with Crippen molar-refractivity contribution in [3.05, 3.63) is 60.8 Å². The minimum Gasteiger partial charge on any atom is -0.478 e. The Kier molecular flexibility index (Phi) is 2.90. The smallest absolute Gasteiger partial charge is 0.338 e. The van der Waals surface area contributed by atoms with E-state index in [4.69, 9.17) is 0 Å². The number of carbonyl (C=O) groups is 1. The third kappa shape index (κ3) is 2.15. The number of aromatic amines is 1. The Bertz CT molecular complexity index is 987. The van der Waals surface area contributed by atoms with Gasteiger partial charge in [0.05, 0.1) is 22.3 Å². The molecule has 7 heteroatoms. The molecule has 1 aromatic carbocycles. The van der Waals surface area contributed by atoms with Crippen LogP contribution in [0, 0.1) is 0 Å². The molecule has 0 aliphatic heterocycles. The molecule has 2 N–H and O–H groups in total. The Hall–Kier alpha value is -3.48. The fraction of sp³-hybridized carbons (Fsp3) is 0. The van der Waals surface area contributed by atoms with Gasteiger partial charge in [0.1, 0.15) is 12.0 Å². The zero-order valence-corrected chi connectivity index (χ0v) is 11.8. The van der Waals surface area contributed by atoms with Crippen LogP contribution < -0.4 is 0 Å². The molecule has 0 aliphatic rings. The van der Waals surface area contributed by atoms with Crippen molar-refractivity contribution in [2.24, 2.45) is 0 Å². The summed E-state index contributed by atoms with van der Waals surface area (Å²) >= 11 is 0. The van der Waals surface area contributed by atoms with E-state index in [1.807, 2.05) is 36.5 Å². The van der Waals surface area contributed by atoms with Gasteiger partial charge >= 0.3 is 5.97 Å². The maximum Gasteiger partial charge on any atom is 0.338 e. The number of nitrogens with one attached hydrogen (secondary N) is 1. The van der Waals surface area contributed by atoms with E-state index in [0.29, 0.717) is 16.7 Å². The highest BCUT2D eigenvalue weighted by Gasteiger charge is 2.17. The van der Waals surface area contributed by atoms with E-state index < -0.39 is 5.97 Å². The molecule has 0 bridgehead atoms.